The van der Waals surface area contributed by atoms with E-state index in [9.17, 15) is 37.1 Å². The number of rotatable bonds is 11. The number of ether oxygens (including phenoxy) is 2. The van der Waals surface area contributed by atoms with Crippen LogP contribution in [0.15, 0.2) is 66.7 Å². The molecule has 1 fully saturated rings. The third-order valence-corrected chi connectivity index (χ3v) is 8.42. The van der Waals surface area contributed by atoms with Crippen LogP contribution in [-0.2, 0) is 15.6 Å². The van der Waals surface area contributed by atoms with E-state index in [4.69, 9.17) is 5.11 Å². The predicted molar refractivity (Wildman–Crippen MR) is 157 cm³/mol. The highest BCUT2D eigenvalue weighted by molar-refractivity contribution is 6.02. The van der Waals surface area contributed by atoms with E-state index in [1.807, 2.05) is 24.3 Å². The van der Waals surface area contributed by atoms with Gasteiger partial charge in [-0.25, -0.2) is 4.74 Å². The second-order valence-electron chi connectivity index (χ2n) is 11.6. The summed E-state index contributed by atoms with van der Waals surface area (Å²) in [6.07, 6.45) is -5.26. The molecule has 1 amide bonds. The maximum atomic E-state index is 14.4. The van der Waals surface area contributed by atoms with Gasteiger partial charge in [-0.1, -0.05) is 61.7 Å². The van der Waals surface area contributed by atoms with Gasteiger partial charge in [-0.2, -0.15) is 8.78 Å². The predicted octanol–water partition coefficient (Wildman–Crippen LogP) is 7.04. The lowest BCUT2D eigenvalue weighted by molar-refractivity contribution is -0.461. The lowest BCUT2D eigenvalue weighted by Gasteiger charge is -2.31. The van der Waals surface area contributed by atoms with E-state index < -0.39 is 53.4 Å². The van der Waals surface area contributed by atoms with Crippen LogP contribution in [0.1, 0.15) is 106 Å². The summed E-state index contributed by atoms with van der Waals surface area (Å²) in [5.41, 5.74) is 1.11. The van der Waals surface area contributed by atoms with Crippen LogP contribution in [0.2, 0.25) is 0 Å². The first kappa shape index (κ1) is 33.1. The molecule has 1 aliphatic heterocycles. The summed E-state index contributed by atoms with van der Waals surface area (Å²) < 4.78 is 63.6. The summed E-state index contributed by atoms with van der Waals surface area (Å²) in [7, 11) is 0. The molecule has 0 saturated heterocycles. The number of aliphatic hydroxyl groups excluding tert-OH is 1. The van der Waals surface area contributed by atoms with Crippen LogP contribution in [-0.4, -0.2) is 40.7 Å². The smallest absolute Gasteiger partial charge is 0.481 e. The fourth-order valence-corrected chi connectivity index (χ4v) is 5.99. The van der Waals surface area contributed by atoms with Gasteiger partial charge in [0.25, 0.3) is 5.91 Å². The van der Waals surface area contributed by atoms with Gasteiger partial charge in [-0.15, -0.1) is 8.78 Å². The Hall–Kier alpha value is -4.29. The summed E-state index contributed by atoms with van der Waals surface area (Å²) >= 11 is 0. The second-order valence-corrected chi connectivity index (χ2v) is 11.6. The third-order valence-electron chi connectivity index (χ3n) is 8.42. The van der Waals surface area contributed by atoms with E-state index in [1.54, 1.807) is 0 Å². The molecular formula is C34H33F4NO7. The zero-order valence-corrected chi connectivity index (χ0v) is 24.7. The molecule has 0 radical (unpaired) electrons. The zero-order valence-electron chi connectivity index (χ0n) is 24.7. The van der Waals surface area contributed by atoms with Gasteiger partial charge in [0.1, 0.15) is 5.75 Å². The van der Waals surface area contributed by atoms with Gasteiger partial charge in [-0.05, 0) is 66.1 Å². The minimum Gasteiger partial charge on any atom is -0.481 e. The molecule has 1 heterocycles. The highest BCUT2D eigenvalue weighted by Crippen LogP contribution is 2.47. The van der Waals surface area contributed by atoms with Gasteiger partial charge in [0.05, 0.1) is 24.0 Å². The number of hydrogen-bond acceptors (Lipinski definition) is 6. The monoisotopic (exact) mass is 643 g/mol. The van der Waals surface area contributed by atoms with Gasteiger partial charge in [0.2, 0.25) is 0 Å². The van der Waals surface area contributed by atoms with Crippen molar-refractivity contribution in [1.29, 1.82) is 0 Å². The Balaban J connectivity index is 1.40. The highest BCUT2D eigenvalue weighted by atomic mass is 19.3. The van der Waals surface area contributed by atoms with Crippen LogP contribution in [0, 0.1) is 0 Å². The van der Waals surface area contributed by atoms with Gasteiger partial charge in [-0.3, -0.25) is 14.4 Å². The lowest BCUT2D eigenvalue weighted by atomic mass is 9.81. The number of carbonyl (C=O) groups is 3. The van der Waals surface area contributed by atoms with Crippen LogP contribution in [0.4, 0.5) is 17.6 Å². The van der Waals surface area contributed by atoms with Crippen molar-refractivity contribution in [2.45, 2.75) is 75.3 Å². The molecule has 0 aromatic heterocycles. The number of Topliss-reactive ketones (excluding diaryl/α,β-unsaturated/α-hetero) is 1. The van der Waals surface area contributed by atoms with Crippen LogP contribution in [0.25, 0.3) is 0 Å². The van der Waals surface area contributed by atoms with Gasteiger partial charge in [0, 0.05) is 17.7 Å². The van der Waals surface area contributed by atoms with Crippen molar-refractivity contribution in [2.75, 3.05) is 6.54 Å². The largest absolute Gasteiger partial charge is 0.540 e. The van der Waals surface area contributed by atoms with E-state index in [1.165, 1.54) is 36.8 Å². The summed E-state index contributed by atoms with van der Waals surface area (Å²) in [4.78, 5) is 37.0. The molecule has 1 saturated carbocycles. The molecule has 8 nitrogen and oxygen atoms in total. The normalized spacial score (nSPS) is 18.5. The van der Waals surface area contributed by atoms with Crippen LogP contribution in [0.5, 0.6) is 5.75 Å². The van der Waals surface area contributed by atoms with E-state index >= 15 is 0 Å². The summed E-state index contributed by atoms with van der Waals surface area (Å²) in [5.74, 6) is -3.31. The molecule has 2 unspecified atom stereocenters. The number of halogens is 4. The minimum atomic E-state index is -4.54. The number of aliphatic carboxylic acids is 1. The van der Waals surface area contributed by atoms with Crippen molar-refractivity contribution in [3.63, 3.8) is 0 Å². The zero-order chi connectivity index (χ0) is 33.1. The average molecular weight is 644 g/mol. The van der Waals surface area contributed by atoms with Crippen molar-refractivity contribution in [3.8, 4) is 5.75 Å². The number of alkyl halides is 4. The van der Waals surface area contributed by atoms with Gasteiger partial charge >= 0.3 is 18.4 Å². The molecule has 3 aromatic carbocycles. The first-order valence-corrected chi connectivity index (χ1v) is 15.0. The topological polar surface area (TPSA) is 122 Å². The molecule has 0 spiro atoms. The SMILES string of the molecule is O=C(O)CCNC(=O)c1ccc(C(=O)C(CC(O)c2ccc3c(c2)C(F)(F)OC(F)(F)O3)c2ccc(C3CCCCC3)cc2)cc1. The van der Waals surface area contributed by atoms with Crippen LogP contribution in [0.3, 0.4) is 0 Å². The summed E-state index contributed by atoms with van der Waals surface area (Å²) in [6, 6.07) is 16.2. The number of carboxylic acid groups (broad SMARTS) is 1. The highest BCUT2D eigenvalue weighted by Gasteiger charge is 2.54. The van der Waals surface area contributed by atoms with Gasteiger partial charge in [0.15, 0.2) is 5.78 Å². The molecule has 0 bridgehead atoms. The Bertz CT molecular complexity index is 1570. The number of ketones is 1. The standard InChI is InChI=1S/C34H33F4NO7/c35-33(36)27-18-25(14-15-29(27)45-34(37,38)46-33)28(40)19-26(22-8-6-21(7-9-22)20-4-2-1-3-5-20)31(43)23-10-12-24(13-11-23)32(44)39-17-16-30(41)42/h6-15,18,20,26,28,40H,1-5,16-17,19H2,(H,39,44)(H,41,42). The van der Waals surface area contributed by atoms with E-state index in [0.29, 0.717) is 11.5 Å². The fourth-order valence-electron chi connectivity index (χ4n) is 5.99. The molecule has 1 aliphatic carbocycles. The van der Waals surface area contributed by atoms with E-state index in [2.05, 4.69) is 14.8 Å². The Morgan fingerprint density at radius 3 is 2.15 bits per heavy atom. The molecule has 3 N–H and O–H groups in total. The Morgan fingerprint density at radius 2 is 1.50 bits per heavy atom. The summed E-state index contributed by atoms with van der Waals surface area (Å²) in [6.45, 7) is -0.0685. The second kappa shape index (κ2) is 13.6. The minimum absolute atomic E-state index is 0.0548. The molecule has 244 valence electrons. The number of amides is 1. The van der Waals surface area contributed by atoms with Crippen molar-refractivity contribution in [3.05, 3.63) is 100 Å². The van der Waals surface area contributed by atoms with Crippen molar-refractivity contribution < 1.29 is 51.6 Å². The van der Waals surface area contributed by atoms with Crippen LogP contribution >= 0.6 is 0 Å². The van der Waals surface area contributed by atoms with E-state index in [-0.39, 0.29) is 36.1 Å². The first-order chi connectivity index (χ1) is 21.8. The van der Waals surface area contributed by atoms with Crippen molar-refractivity contribution in [1.82, 2.24) is 5.32 Å². The number of benzene rings is 3. The first-order valence-electron chi connectivity index (χ1n) is 15.0. The Kier molecular flexibility index (Phi) is 9.78. The van der Waals surface area contributed by atoms with E-state index in [0.717, 1.165) is 43.4 Å². The molecule has 12 heteroatoms. The molecule has 46 heavy (non-hydrogen) atoms. The number of carbonyl (C=O) groups excluding carboxylic acids is 2. The molecular weight excluding hydrogens is 610 g/mol. The van der Waals surface area contributed by atoms with Crippen LogP contribution < -0.4 is 10.1 Å². The fraction of sp³-hybridized carbons (Fsp3) is 0.382. The molecule has 3 aromatic rings. The number of carboxylic acids is 1. The lowest BCUT2D eigenvalue weighted by Crippen LogP contribution is -2.41. The Labute approximate surface area is 262 Å². The summed E-state index contributed by atoms with van der Waals surface area (Å²) in [5, 5.41) is 22.5. The third kappa shape index (κ3) is 7.73. The van der Waals surface area contributed by atoms with Crippen molar-refractivity contribution in [2.24, 2.45) is 0 Å². The number of aliphatic hydroxyl groups is 1. The number of nitrogens with one attached hydrogen (secondary N) is 1. The average Bonchev–Trinajstić information content (AvgIpc) is 3.02. The maximum absolute atomic E-state index is 14.4. The molecule has 2 aliphatic rings. The van der Waals surface area contributed by atoms with Crippen molar-refractivity contribution >= 4 is 17.7 Å². The molecule has 5 rings (SSSR count). The quantitative estimate of drug-likeness (QED) is 0.151. The Morgan fingerprint density at radius 1 is 0.870 bits per heavy atom. The number of hydrogen-bond donors (Lipinski definition) is 3. The van der Waals surface area contributed by atoms with Gasteiger partial charge < -0.3 is 20.3 Å². The maximum Gasteiger partial charge on any atom is 0.540 e. The number of fused-ring (bicyclic) bond motifs is 1. The molecule has 2 atom stereocenters.